The predicted octanol–water partition coefficient (Wildman–Crippen LogP) is 4.22. The Morgan fingerprint density at radius 1 is 0.808 bits per heavy atom. The molecule has 0 bridgehead atoms. The number of hydrogen-bond donors (Lipinski definition) is 1. The minimum Gasteiger partial charge on any atom is -0.345 e. The lowest BCUT2D eigenvalue weighted by atomic mass is 10.0. The van der Waals surface area contributed by atoms with Gasteiger partial charge in [-0.3, -0.25) is 9.59 Å². The van der Waals surface area contributed by atoms with Crippen LogP contribution >= 0.6 is 0 Å². The van der Waals surface area contributed by atoms with Gasteiger partial charge in [-0.2, -0.15) is 26.3 Å². The molecule has 0 unspecified atom stereocenters. The van der Waals surface area contributed by atoms with Crippen LogP contribution < -0.4 is 5.32 Å². The van der Waals surface area contributed by atoms with Crippen molar-refractivity contribution in [3.63, 3.8) is 0 Å². The van der Waals surface area contributed by atoms with Crippen molar-refractivity contribution in [3.05, 3.63) is 70.8 Å². The Balaban J connectivity index is 2.21. The zero-order chi connectivity index (χ0) is 19.5. The predicted molar refractivity (Wildman–Crippen MR) is 79.1 cm³/mol. The first-order valence-corrected chi connectivity index (χ1v) is 7.14. The Kier molecular flexibility index (Phi) is 5.38. The van der Waals surface area contributed by atoms with Gasteiger partial charge in [0, 0.05) is 12.1 Å². The molecule has 2 aromatic rings. The van der Waals surface area contributed by atoms with Crippen molar-refractivity contribution in [2.45, 2.75) is 18.9 Å². The molecule has 0 aliphatic rings. The smallest absolute Gasteiger partial charge is 0.345 e. The molecule has 0 saturated heterocycles. The number of Topliss-reactive ketones (excluding diaryl/α,β-unsaturated/α-hetero) is 1. The van der Waals surface area contributed by atoms with Crippen molar-refractivity contribution in [1.29, 1.82) is 0 Å². The van der Waals surface area contributed by atoms with Crippen molar-refractivity contribution in [2.75, 3.05) is 0 Å². The van der Waals surface area contributed by atoms with Crippen LogP contribution in [0.15, 0.2) is 48.5 Å². The molecule has 9 heteroatoms. The van der Waals surface area contributed by atoms with Crippen molar-refractivity contribution < 1.29 is 35.9 Å². The van der Waals surface area contributed by atoms with Crippen LogP contribution in [0, 0.1) is 0 Å². The lowest BCUT2D eigenvalue weighted by Crippen LogP contribution is -2.30. The maximum absolute atomic E-state index is 12.8. The molecule has 26 heavy (non-hydrogen) atoms. The number of benzene rings is 2. The first-order valence-electron chi connectivity index (χ1n) is 7.14. The van der Waals surface area contributed by atoms with Gasteiger partial charge in [-0.1, -0.05) is 30.3 Å². The summed E-state index contributed by atoms with van der Waals surface area (Å²) in [6, 6.07) is 8.29. The molecule has 0 aliphatic carbocycles. The van der Waals surface area contributed by atoms with E-state index in [-0.39, 0.29) is 11.6 Å². The fraction of sp³-hybridized carbons (Fsp3) is 0.176. The summed E-state index contributed by atoms with van der Waals surface area (Å²) in [7, 11) is 0. The van der Waals surface area contributed by atoms with E-state index in [1.807, 2.05) is 5.32 Å². The molecule has 0 saturated carbocycles. The lowest BCUT2D eigenvalue weighted by Gasteiger charge is -2.14. The van der Waals surface area contributed by atoms with Gasteiger partial charge in [0.2, 0.25) is 5.78 Å². The molecule has 0 heterocycles. The van der Waals surface area contributed by atoms with Crippen molar-refractivity contribution in [3.8, 4) is 0 Å². The summed E-state index contributed by atoms with van der Waals surface area (Å²) in [5, 5.41) is 2.03. The topological polar surface area (TPSA) is 46.2 Å². The summed E-state index contributed by atoms with van der Waals surface area (Å²) in [5.74, 6) is -2.09. The SMILES string of the molecule is O=C(NCc1cc(C(F)(F)F)cc(C(F)(F)F)c1)C(=O)c1ccccc1. The molecule has 0 fully saturated rings. The van der Waals surface area contributed by atoms with Gasteiger partial charge in [-0.15, -0.1) is 0 Å². The molecule has 2 aromatic carbocycles. The summed E-state index contributed by atoms with van der Waals surface area (Å²) in [4.78, 5) is 23.6. The van der Waals surface area contributed by atoms with E-state index in [4.69, 9.17) is 0 Å². The second kappa shape index (κ2) is 7.19. The van der Waals surface area contributed by atoms with Crippen LogP contribution in [0.4, 0.5) is 26.3 Å². The van der Waals surface area contributed by atoms with E-state index >= 15 is 0 Å². The number of carbonyl (C=O) groups is 2. The second-order valence-electron chi connectivity index (χ2n) is 5.29. The fourth-order valence-corrected chi connectivity index (χ4v) is 2.10. The second-order valence-corrected chi connectivity index (χ2v) is 5.29. The monoisotopic (exact) mass is 375 g/mol. The molecule has 2 rings (SSSR count). The van der Waals surface area contributed by atoms with Gasteiger partial charge in [0.25, 0.3) is 5.91 Å². The quantitative estimate of drug-likeness (QED) is 0.494. The minimum atomic E-state index is -4.99. The number of rotatable bonds is 4. The number of alkyl halides is 6. The van der Waals surface area contributed by atoms with E-state index in [1.54, 1.807) is 6.07 Å². The van der Waals surface area contributed by atoms with Crippen molar-refractivity contribution in [1.82, 2.24) is 5.32 Å². The van der Waals surface area contributed by atoms with E-state index in [9.17, 15) is 35.9 Å². The molecule has 0 aliphatic heterocycles. The van der Waals surface area contributed by atoms with Gasteiger partial charge in [0.1, 0.15) is 0 Å². The Bertz CT molecular complexity index is 780. The number of amides is 1. The number of carbonyl (C=O) groups excluding carboxylic acids is 2. The lowest BCUT2D eigenvalue weighted by molar-refractivity contribution is -0.143. The molecule has 0 atom stereocenters. The van der Waals surface area contributed by atoms with Gasteiger partial charge in [-0.25, -0.2) is 0 Å². The zero-order valence-electron chi connectivity index (χ0n) is 12.9. The Morgan fingerprint density at radius 3 is 1.77 bits per heavy atom. The average Bonchev–Trinajstić information content (AvgIpc) is 2.58. The Morgan fingerprint density at radius 2 is 1.31 bits per heavy atom. The van der Waals surface area contributed by atoms with Gasteiger partial charge < -0.3 is 5.32 Å². The molecular weight excluding hydrogens is 364 g/mol. The molecule has 1 N–H and O–H groups in total. The number of hydrogen-bond acceptors (Lipinski definition) is 2. The van der Waals surface area contributed by atoms with Crippen LogP contribution in [0.5, 0.6) is 0 Å². The van der Waals surface area contributed by atoms with Crippen LogP contribution in [0.1, 0.15) is 27.0 Å². The third kappa shape index (κ3) is 4.84. The first-order chi connectivity index (χ1) is 12.0. The largest absolute Gasteiger partial charge is 0.416 e. The van der Waals surface area contributed by atoms with Gasteiger partial charge in [0.15, 0.2) is 0 Å². The highest BCUT2D eigenvalue weighted by Crippen LogP contribution is 2.36. The summed E-state index contributed by atoms with van der Waals surface area (Å²) < 4.78 is 76.7. The van der Waals surface area contributed by atoms with Gasteiger partial charge in [-0.05, 0) is 23.8 Å². The average molecular weight is 375 g/mol. The van der Waals surface area contributed by atoms with Crippen LogP contribution in [0.2, 0.25) is 0 Å². The summed E-state index contributed by atoms with van der Waals surface area (Å²) in [6.45, 7) is -0.662. The van der Waals surface area contributed by atoms with Gasteiger partial charge in [0.05, 0.1) is 11.1 Å². The molecule has 3 nitrogen and oxygen atoms in total. The van der Waals surface area contributed by atoms with E-state index < -0.39 is 47.3 Å². The number of ketones is 1. The first kappa shape index (κ1) is 19.5. The van der Waals surface area contributed by atoms with E-state index in [0.717, 1.165) is 0 Å². The maximum atomic E-state index is 12.8. The molecule has 0 aromatic heterocycles. The van der Waals surface area contributed by atoms with E-state index in [1.165, 1.54) is 24.3 Å². The summed E-state index contributed by atoms with van der Waals surface area (Å²) >= 11 is 0. The standard InChI is InChI=1S/C17H11F6NO2/c18-16(19,20)12-6-10(7-13(8-12)17(21,22)23)9-24-15(26)14(25)11-4-2-1-3-5-11/h1-8H,9H2,(H,24,26). The van der Waals surface area contributed by atoms with Crippen molar-refractivity contribution >= 4 is 11.7 Å². The van der Waals surface area contributed by atoms with Crippen LogP contribution in [-0.2, 0) is 23.7 Å². The van der Waals surface area contributed by atoms with Crippen LogP contribution in [0.25, 0.3) is 0 Å². The molecule has 138 valence electrons. The van der Waals surface area contributed by atoms with Crippen LogP contribution in [0.3, 0.4) is 0 Å². The third-order valence-electron chi connectivity index (χ3n) is 3.34. The van der Waals surface area contributed by atoms with Gasteiger partial charge >= 0.3 is 12.4 Å². The summed E-state index contributed by atoms with van der Waals surface area (Å²) in [5.41, 5.74) is -3.37. The Labute approximate surface area is 143 Å². The van der Waals surface area contributed by atoms with E-state index in [0.29, 0.717) is 12.1 Å². The van der Waals surface area contributed by atoms with Crippen molar-refractivity contribution in [2.24, 2.45) is 0 Å². The minimum absolute atomic E-state index is 0.0134. The number of halogens is 6. The number of nitrogens with one attached hydrogen (secondary N) is 1. The van der Waals surface area contributed by atoms with Crippen LogP contribution in [-0.4, -0.2) is 11.7 Å². The fourth-order valence-electron chi connectivity index (χ4n) is 2.10. The third-order valence-corrected chi connectivity index (χ3v) is 3.34. The summed E-state index contributed by atoms with van der Waals surface area (Å²) in [6.07, 6.45) is -9.97. The molecular formula is C17H11F6NO2. The molecule has 1 amide bonds. The maximum Gasteiger partial charge on any atom is 0.416 e. The molecule has 0 radical (unpaired) electrons. The molecule has 0 spiro atoms. The highest BCUT2D eigenvalue weighted by atomic mass is 19.4. The highest BCUT2D eigenvalue weighted by molar-refractivity contribution is 6.42. The highest BCUT2D eigenvalue weighted by Gasteiger charge is 2.36. The zero-order valence-corrected chi connectivity index (χ0v) is 12.9. The normalized spacial score (nSPS) is 11.9. The van der Waals surface area contributed by atoms with E-state index in [2.05, 4.69) is 0 Å². The Hall–Kier alpha value is -2.84.